The topological polar surface area (TPSA) is 96.7 Å². The first-order chi connectivity index (χ1) is 11.9. The predicted molar refractivity (Wildman–Crippen MR) is 91.7 cm³/mol. The number of benzene rings is 1. The first-order valence-electron chi connectivity index (χ1n) is 8.00. The van der Waals surface area contributed by atoms with Crippen LogP contribution in [-0.4, -0.2) is 30.3 Å². The lowest BCUT2D eigenvalue weighted by molar-refractivity contribution is 0.181. The van der Waals surface area contributed by atoms with Crippen molar-refractivity contribution in [2.24, 2.45) is 0 Å². The Morgan fingerprint density at radius 3 is 2.80 bits per heavy atom. The number of hydrogen-bond donors (Lipinski definition) is 2. The summed E-state index contributed by atoms with van der Waals surface area (Å²) in [5.74, 6) is 0.661. The molecule has 8 heteroatoms. The number of aromatic nitrogens is 1. The summed E-state index contributed by atoms with van der Waals surface area (Å²) in [5, 5.41) is 5.39. The molecule has 2 aromatic rings. The number of nitrogens with one attached hydrogen (secondary N) is 2. The Labute approximate surface area is 145 Å². The molecule has 0 unspecified atom stereocenters. The number of ether oxygens (including phenoxy) is 1. The van der Waals surface area contributed by atoms with Crippen molar-refractivity contribution in [1.29, 1.82) is 0 Å². The molecule has 0 spiro atoms. The monoisotopic (exact) mass is 344 g/mol. The molecule has 0 saturated carbocycles. The Morgan fingerprint density at radius 1 is 1.36 bits per heavy atom. The Bertz CT molecular complexity index is 782. The van der Waals surface area contributed by atoms with Crippen LogP contribution in [0, 0.1) is 13.8 Å². The molecule has 8 nitrogen and oxygen atoms in total. The Hall–Kier alpha value is -3.03. The molecule has 2 N–H and O–H groups in total. The van der Waals surface area contributed by atoms with E-state index in [0.29, 0.717) is 18.9 Å². The quantitative estimate of drug-likeness (QED) is 0.888. The molecular formula is C17H20N4O4. The lowest BCUT2D eigenvalue weighted by atomic mass is 10.1. The van der Waals surface area contributed by atoms with Gasteiger partial charge in [0.15, 0.2) is 0 Å². The van der Waals surface area contributed by atoms with Crippen molar-refractivity contribution in [2.75, 3.05) is 23.4 Å². The highest BCUT2D eigenvalue weighted by molar-refractivity contribution is 5.89. The van der Waals surface area contributed by atoms with Gasteiger partial charge in [-0.3, -0.25) is 10.2 Å². The maximum atomic E-state index is 12.1. The SMILES string of the molecule is Cc1nc(NC(=O)N[C@@H](C)c2cccc(N3CCOC3=O)c2)oc1C. The van der Waals surface area contributed by atoms with Gasteiger partial charge < -0.3 is 14.5 Å². The molecule has 25 heavy (non-hydrogen) atoms. The lowest BCUT2D eigenvalue weighted by Crippen LogP contribution is -2.31. The fraction of sp³-hybridized carbons (Fsp3) is 0.353. The number of carbonyl (C=O) groups excluding carboxylic acids is 2. The molecule has 2 heterocycles. The minimum atomic E-state index is -0.417. The smallest absolute Gasteiger partial charge is 0.414 e. The highest BCUT2D eigenvalue weighted by atomic mass is 16.6. The fourth-order valence-corrected chi connectivity index (χ4v) is 2.53. The van der Waals surface area contributed by atoms with Crippen molar-refractivity contribution < 1.29 is 18.7 Å². The maximum Gasteiger partial charge on any atom is 0.414 e. The minimum absolute atomic E-state index is 0.160. The van der Waals surface area contributed by atoms with Crippen molar-refractivity contribution >= 4 is 23.8 Å². The summed E-state index contributed by atoms with van der Waals surface area (Å²) in [5.41, 5.74) is 2.34. The Kier molecular flexibility index (Phi) is 4.60. The average Bonchev–Trinajstić information content (AvgIpc) is 3.13. The van der Waals surface area contributed by atoms with Crippen LogP contribution in [0.25, 0.3) is 0 Å². The van der Waals surface area contributed by atoms with Gasteiger partial charge in [-0.25, -0.2) is 9.59 Å². The van der Waals surface area contributed by atoms with Gasteiger partial charge in [-0.1, -0.05) is 12.1 Å². The van der Waals surface area contributed by atoms with Crippen molar-refractivity contribution in [2.45, 2.75) is 26.8 Å². The molecule has 0 radical (unpaired) electrons. The zero-order valence-electron chi connectivity index (χ0n) is 14.3. The number of nitrogens with zero attached hydrogens (tertiary/aromatic N) is 2. The summed E-state index contributed by atoms with van der Waals surface area (Å²) in [7, 11) is 0. The highest BCUT2D eigenvalue weighted by Gasteiger charge is 2.24. The van der Waals surface area contributed by atoms with Crippen LogP contribution in [0.4, 0.5) is 21.3 Å². The molecule has 1 aromatic heterocycles. The molecule has 1 aliphatic rings. The van der Waals surface area contributed by atoms with Gasteiger partial charge in [-0.15, -0.1) is 0 Å². The van der Waals surface area contributed by atoms with E-state index >= 15 is 0 Å². The van der Waals surface area contributed by atoms with Crippen LogP contribution >= 0.6 is 0 Å². The second kappa shape index (κ2) is 6.84. The van der Waals surface area contributed by atoms with Gasteiger partial charge in [-0.05, 0) is 38.5 Å². The first kappa shape index (κ1) is 16.8. The number of rotatable bonds is 4. The van der Waals surface area contributed by atoms with E-state index in [9.17, 15) is 9.59 Å². The van der Waals surface area contributed by atoms with Gasteiger partial charge in [0.25, 0.3) is 0 Å². The molecule has 3 amide bonds. The number of carbonyl (C=O) groups is 2. The van der Waals surface area contributed by atoms with Crippen LogP contribution in [0.2, 0.25) is 0 Å². The molecule has 1 fully saturated rings. The molecule has 1 saturated heterocycles. The van der Waals surface area contributed by atoms with Crippen molar-refractivity contribution in [1.82, 2.24) is 10.3 Å². The first-order valence-corrected chi connectivity index (χ1v) is 8.00. The lowest BCUT2D eigenvalue weighted by Gasteiger charge is -2.18. The molecule has 1 aliphatic heterocycles. The van der Waals surface area contributed by atoms with E-state index in [-0.39, 0.29) is 18.1 Å². The van der Waals surface area contributed by atoms with Crippen LogP contribution in [0.15, 0.2) is 28.7 Å². The number of amides is 3. The number of urea groups is 1. The van der Waals surface area contributed by atoms with E-state index in [1.807, 2.05) is 31.2 Å². The fourth-order valence-electron chi connectivity index (χ4n) is 2.53. The number of anilines is 2. The molecule has 132 valence electrons. The summed E-state index contributed by atoms with van der Waals surface area (Å²) in [6, 6.07) is 6.89. The third kappa shape index (κ3) is 3.73. The van der Waals surface area contributed by atoms with Gasteiger partial charge in [0.05, 0.1) is 18.3 Å². The average molecular weight is 344 g/mol. The van der Waals surface area contributed by atoms with Crippen molar-refractivity contribution in [3.05, 3.63) is 41.3 Å². The van der Waals surface area contributed by atoms with Crippen LogP contribution in [0.1, 0.15) is 30.0 Å². The summed E-state index contributed by atoms with van der Waals surface area (Å²) in [6.07, 6.45) is -0.356. The zero-order chi connectivity index (χ0) is 18.0. The zero-order valence-corrected chi connectivity index (χ0v) is 14.3. The van der Waals surface area contributed by atoms with Gasteiger partial charge >= 0.3 is 18.1 Å². The van der Waals surface area contributed by atoms with Gasteiger partial charge in [-0.2, -0.15) is 4.98 Å². The Morgan fingerprint density at radius 2 is 2.16 bits per heavy atom. The van der Waals surface area contributed by atoms with Gasteiger partial charge in [0.2, 0.25) is 0 Å². The maximum absolute atomic E-state index is 12.1. The van der Waals surface area contributed by atoms with Crippen molar-refractivity contribution in [3.8, 4) is 0 Å². The normalized spacial score (nSPS) is 15.0. The van der Waals surface area contributed by atoms with E-state index in [1.165, 1.54) is 0 Å². The van der Waals surface area contributed by atoms with Crippen LogP contribution in [0.3, 0.4) is 0 Å². The molecular weight excluding hydrogens is 324 g/mol. The largest absolute Gasteiger partial charge is 0.447 e. The number of oxazole rings is 1. The predicted octanol–water partition coefficient (Wildman–Crippen LogP) is 3.13. The summed E-state index contributed by atoms with van der Waals surface area (Å²) in [4.78, 5) is 29.4. The molecule has 1 aromatic carbocycles. The third-order valence-corrected chi connectivity index (χ3v) is 4.04. The third-order valence-electron chi connectivity index (χ3n) is 4.04. The van der Waals surface area contributed by atoms with Gasteiger partial charge in [0, 0.05) is 5.69 Å². The van der Waals surface area contributed by atoms with Crippen molar-refractivity contribution in [3.63, 3.8) is 0 Å². The second-order valence-electron chi connectivity index (χ2n) is 5.84. The van der Waals surface area contributed by atoms with E-state index in [4.69, 9.17) is 9.15 Å². The van der Waals surface area contributed by atoms with Crippen LogP contribution in [-0.2, 0) is 4.74 Å². The second-order valence-corrected chi connectivity index (χ2v) is 5.84. The van der Waals surface area contributed by atoms with Crippen LogP contribution < -0.4 is 15.5 Å². The van der Waals surface area contributed by atoms with E-state index < -0.39 is 6.03 Å². The van der Waals surface area contributed by atoms with Gasteiger partial charge in [0.1, 0.15) is 12.4 Å². The van der Waals surface area contributed by atoms with E-state index in [0.717, 1.165) is 16.9 Å². The van der Waals surface area contributed by atoms with E-state index in [1.54, 1.807) is 18.7 Å². The minimum Gasteiger partial charge on any atom is -0.447 e. The molecule has 0 bridgehead atoms. The summed E-state index contributed by atoms with van der Waals surface area (Å²) >= 11 is 0. The standard InChI is InChI=1S/C17H20N4O4/c1-10-12(3)25-16(19-10)20-15(22)18-11(2)13-5-4-6-14(9-13)21-7-8-24-17(21)23/h4-6,9,11H,7-8H2,1-3H3,(H2,18,19,20,22)/t11-/m0/s1. The molecule has 1 atom stereocenters. The molecule has 0 aliphatic carbocycles. The highest BCUT2D eigenvalue weighted by Crippen LogP contribution is 2.23. The summed E-state index contributed by atoms with van der Waals surface area (Å²) < 4.78 is 10.3. The van der Waals surface area contributed by atoms with Crippen LogP contribution in [0.5, 0.6) is 0 Å². The summed E-state index contributed by atoms with van der Waals surface area (Å²) in [6.45, 7) is 6.34. The number of hydrogen-bond acceptors (Lipinski definition) is 5. The Balaban J connectivity index is 1.65. The molecule has 3 rings (SSSR count). The number of aryl methyl sites for hydroxylation is 2. The van der Waals surface area contributed by atoms with E-state index in [2.05, 4.69) is 15.6 Å². The number of cyclic esters (lactones) is 1.